The van der Waals surface area contributed by atoms with Crippen molar-refractivity contribution in [2.45, 2.75) is 32.2 Å². The van der Waals surface area contributed by atoms with Crippen molar-refractivity contribution >= 4 is 11.9 Å². The summed E-state index contributed by atoms with van der Waals surface area (Å²) in [5.74, 6) is -0.858. The summed E-state index contributed by atoms with van der Waals surface area (Å²) in [6, 6.07) is 0.0635. The van der Waals surface area contributed by atoms with Crippen molar-refractivity contribution in [1.29, 1.82) is 0 Å². The lowest BCUT2D eigenvalue weighted by atomic mass is 9.95. The highest BCUT2D eigenvalue weighted by atomic mass is 16.4. The van der Waals surface area contributed by atoms with E-state index in [1.165, 1.54) is 0 Å². The van der Waals surface area contributed by atoms with Crippen LogP contribution in [0.2, 0.25) is 0 Å². The summed E-state index contributed by atoms with van der Waals surface area (Å²) in [5, 5.41) is 11.3. The summed E-state index contributed by atoms with van der Waals surface area (Å²) in [4.78, 5) is 21.3. The molecule has 1 fully saturated rings. The van der Waals surface area contributed by atoms with E-state index < -0.39 is 5.97 Å². The van der Waals surface area contributed by atoms with Crippen LogP contribution in [-0.2, 0) is 9.59 Å². The summed E-state index contributed by atoms with van der Waals surface area (Å²) >= 11 is 0. The highest BCUT2D eigenvalue weighted by Gasteiger charge is 2.32. The van der Waals surface area contributed by atoms with E-state index in [1.807, 2.05) is 6.92 Å². The molecule has 68 valence electrons. The van der Waals surface area contributed by atoms with Crippen LogP contribution in [0, 0.1) is 5.92 Å². The van der Waals surface area contributed by atoms with E-state index in [9.17, 15) is 9.59 Å². The van der Waals surface area contributed by atoms with E-state index >= 15 is 0 Å². The molecule has 0 aromatic heterocycles. The van der Waals surface area contributed by atoms with Crippen LogP contribution >= 0.6 is 0 Å². The van der Waals surface area contributed by atoms with Gasteiger partial charge in [0.15, 0.2) is 0 Å². The van der Waals surface area contributed by atoms with Crippen molar-refractivity contribution in [3.63, 3.8) is 0 Å². The van der Waals surface area contributed by atoms with E-state index in [-0.39, 0.29) is 24.3 Å². The molecule has 1 rings (SSSR count). The minimum atomic E-state index is -0.824. The molecule has 1 aliphatic heterocycles. The van der Waals surface area contributed by atoms with E-state index in [2.05, 4.69) is 5.32 Å². The molecule has 0 aromatic carbocycles. The van der Waals surface area contributed by atoms with Crippen LogP contribution in [0.15, 0.2) is 0 Å². The van der Waals surface area contributed by atoms with Crippen molar-refractivity contribution in [3.8, 4) is 0 Å². The Morgan fingerprint density at radius 2 is 2.42 bits per heavy atom. The van der Waals surface area contributed by atoms with Gasteiger partial charge in [0.1, 0.15) is 0 Å². The fourth-order valence-electron chi connectivity index (χ4n) is 1.64. The molecular weight excluding hydrogens is 158 g/mol. The quantitative estimate of drug-likeness (QED) is 0.645. The monoisotopic (exact) mass is 171 g/mol. The van der Waals surface area contributed by atoms with E-state index in [4.69, 9.17) is 5.11 Å². The molecular formula is C8H13NO3. The molecule has 0 saturated carbocycles. The van der Waals surface area contributed by atoms with E-state index in [0.717, 1.165) is 6.42 Å². The zero-order valence-electron chi connectivity index (χ0n) is 7.04. The van der Waals surface area contributed by atoms with Gasteiger partial charge in [-0.2, -0.15) is 0 Å². The summed E-state index contributed by atoms with van der Waals surface area (Å²) < 4.78 is 0. The molecule has 1 heterocycles. The maximum Gasteiger partial charge on any atom is 0.303 e. The van der Waals surface area contributed by atoms with Gasteiger partial charge in [-0.1, -0.05) is 6.92 Å². The van der Waals surface area contributed by atoms with Crippen LogP contribution in [-0.4, -0.2) is 23.0 Å². The predicted molar refractivity (Wildman–Crippen MR) is 42.6 cm³/mol. The van der Waals surface area contributed by atoms with Gasteiger partial charge in [0.05, 0.1) is 6.42 Å². The zero-order valence-corrected chi connectivity index (χ0v) is 7.04. The van der Waals surface area contributed by atoms with Crippen LogP contribution in [0.5, 0.6) is 0 Å². The Kier molecular flexibility index (Phi) is 2.68. The summed E-state index contributed by atoms with van der Waals surface area (Å²) in [5.41, 5.74) is 0. The molecule has 0 radical (unpaired) electrons. The summed E-state index contributed by atoms with van der Waals surface area (Å²) in [7, 11) is 0. The third-order valence-electron chi connectivity index (χ3n) is 2.24. The highest BCUT2D eigenvalue weighted by Crippen LogP contribution is 2.22. The molecule has 2 atom stereocenters. The van der Waals surface area contributed by atoms with Crippen molar-refractivity contribution in [2.24, 2.45) is 5.92 Å². The van der Waals surface area contributed by atoms with Crippen molar-refractivity contribution in [2.75, 3.05) is 0 Å². The van der Waals surface area contributed by atoms with Crippen molar-refractivity contribution in [3.05, 3.63) is 0 Å². The van der Waals surface area contributed by atoms with Gasteiger partial charge in [-0.15, -0.1) is 0 Å². The lowest BCUT2D eigenvalue weighted by molar-refractivity contribution is -0.138. The minimum Gasteiger partial charge on any atom is -0.481 e. The molecule has 12 heavy (non-hydrogen) atoms. The Bertz CT molecular complexity index is 202. The van der Waals surface area contributed by atoms with Crippen LogP contribution < -0.4 is 5.32 Å². The largest absolute Gasteiger partial charge is 0.481 e. The molecule has 0 aliphatic carbocycles. The Morgan fingerprint density at radius 3 is 2.92 bits per heavy atom. The Hall–Kier alpha value is -1.06. The molecule has 1 aliphatic rings. The van der Waals surface area contributed by atoms with Crippen molar-refractivity contribution in [1.82, 2.24) is 5.32 Å². The average molecular weight is 171 g/mol. The summed E-state index contributed by atoms with van der Waals surface area (Å²) in [6.45, 7) is 1.95. The second-order valence-electron chi connectivity index (χ2n) is 3.14. The normalized spacial score (nSPS) is 28.6. The molecule has 1 amide bonds. The van der Waals surface area contributed by atoms with Gasteiger partial charge >= 0.3 is 5.97 Å². The second-order valence-corrected chi connectivity index (χ2v) is 3.14. The van der Waals surface area contributed by atoms with Crippen LogP contribution in [0.4, 0.5) is 0 Å². The second kappa shape index (κ2) is 3.56. The molecule has 2 N–H and O–H groups in total. The number of carboxylic acids is 1. The van der Waals surface area contributed by atoms with Gasteiger partial charge in [-0.05, 0) is 12.3 Å². The van der Waals surface area contributed by atoms with E-state index in [1.54, 1.807) is 0 Å². The topological polar surface area (TPSA) is 66.4 Å². The highest BCUT2D eigenvalue weighted by molar-refractivity contribution is 5.80. The zero-order chi connectivity index (χ0) is 9.14. The first-order valence-electron chi connectivity index (χ1n) is 4.14. The first kappa shape index (κ1) is 9.03. The van der Waals surface area contributed by atoms with Gasteiger partial charge in [0.2, 0.25) is 5.91 Å². The first-order chi connectivity index (χ1) is 5.63. The molecule has 2 unspecified atom stereocenters. The first-order valence-corrected chi connectivity index (χ1v) is 4.14. The minimum absolute atomic E-state index is 0.0139. The number of amides is 1. The number of nitrogens with one attached hydrogen (secondary N) is 1. The fourth-order valence-corrected chi connectivity index (χ4v) is 1.64. The molecule has 4 heteroatoms. The Labute approximate surface area is 71.0 Å². The fraction of sp³-hybridized carbons (Fsp3) is 0.750. The molecule has 4 nitrogen and oxygen atoms in total. The van der Waals surface area contributed by atoms with Crippen LogP contribution in [0.1, 0.15) is 26.2 Å². The molecule has 1 saturated heterocycles. The lowest BCUT2D eigenvalue weighted by Gasteiger charge is -2.13. The smallest absolute Gasteiger partial charge is 0.303 e. The maximum absolute atomic E-state index is 10.9. The number of rotatable bonds is 3. The van der Waals surface area contributed by atoms with Crippen molar-refractivity contribution < 1.29 is 14.7 Å². The number of aliphatic carboxylic acids is 1. The maximum atomic E-state index is 10.9. The third-order valence-corrected chi connectivity index (χ3v) is 2.24. The lowest BCUT2D eigenvalue weighted by Crippen LogP contribution is -2.28. The third kappa shape index (κ3) is 1.96. The van der Waals surface area contributed by atoms with Crippen LogP contribution in [0.3, 0.4) is 0 Å². The number of hydrogen-bond donors (Lipinski definition) is 2. The number of carbonyl (C=O) groups excluding carboxylic acids is 1. The standard InChI is InChI=1S/C8H13NO3/c1-2-6-5(4-8(11)12)3-7(10)9-6/h5-6H,2-4H2,1H3,(H,9,10)(H,11,12). The number of hydrogen-bond acceptors (Lipinski definition) is 2. The average Bonchev–Trinajstić information content (AvgIpc) is 2.29. The molecule has 0 bridgehead atoms. The Balaban J connectivity index is 2.51. The molecule has 0 spiro atoms. The van der Waals surface area contributed by atoms with Gasteiger partial charge in [-0.25, -0.2) is 0 Å². The number of carboxylic acid groups (broad SMARTS) is 1. The predicted octanol–water partition coefficient (Wildman–Crippen LogP) is 0.376. The van der Waals surface area contributed by atoms with Gasteiger partial charge in [0, 0.05) is 12.5 Å². The van der Waals surface area contributed by atoms with Crippen LogP contribution in [0.25, 0.3) is 0 Å². The van der Waals surface area contributed by atoms with Gasteiger partial charge in [-0.3, -0.25) is 9.59 Å². The number of carbonyl (C=O) groups is 2. The van der Waals surface area contributed by atoms with E-state index in [0.29, 0.717) is 6.42 Å². The van der Waals surface area contributed by atoms with Gasteiger partial charge < -0.3 is 10.4 Å². The van der Waals surface area contributed by atoms with Gasteiger partial charge in [0.25, 0.3) is 0 Å². The Morgan fingerprint density at radius 1 is 1.75 bits per heavy atom. The summed E-state index contributed by atoms with van der Waals surface area (Å²) in [6.07, 6.45) is 1.27. The SMILES string of the molecule is CCC1NC(=O)CC1CC(=O)O. The molecule has 0 aromatic rings.